The molecule has 0 radical (unpaired) electrons. The van der Waals surface area contributed by atoms with Crippen molar-refractivity contribution in [3.05, 3.63) is 28.2 Å². The molecule has 1 aromatic carbocycles. The number of halogens is 1. The molecule has 0 aliphatic carbocycles. The number of hydrogen-bond acceptors (Lipinski definition) is 2. The van der Waals surface area contributed by atoms with Crippen LogP contribution in [-0.4, -0.2) is 19.7 Å². The van der Waals surface area contributed by atoms with Crippen LogP contribution in [0.5, 0.6) is 5.75 Å². The summed E-state index contributed by atoms with van der Waals surface area (Å²) in [6, 6.07) is 6.10. The van der Waals surface area contributed by atoms with Gasteiger partial charge in [0.25, 0.3) is 0 Å². The molecular weight excluding hydrogens is 266 g/mol. The van der Waals surface area contributed by atoms with Crippen LogP contribution < -0.4 is 10.1 Å². The van der Waals surface area contributed by atoms with Crippen molar-refractivity contribution in [2.24, 2.45) is 5.92 Å². The number of rotatable bonds is 4. The Labute approximate surface area is 106 Å². The molecule has 0 aromatic heterocycles. The normalized spacial score (nSPS) is 20.0. The average Bonchev–Trinajstić information content (AvgIpc) is 2.77. The summed E-state index contributed by atoms with van der Waals surface area (Å²) in [6.45, 7) is 5.22. The van der Waals surface area contributed by atoms with Crippen molar-refractivity contribution in [1.29, 1.82) is 0 Å². The second-order valence-electron chi connectivity index (χ2n) is 4.36. The van der Waals surface area contributed by atoms with E-state index in [-0.39, 0.29) is 0 Å². The Kier molecular flexibility index (Phi) is 4.24. The van der Waals surface area contributed by atoms with Crippen molar-refractivity contribution in [2.75, 3.05) is 19.7 Å². The molecule has 88 valence electrons. The number of ether oxygens (including phenoxy) is 1. The summed E-state index contributed by atoms with van der Waals surface area (Å²) in [7, 11) is 0. The minimum absolute atomic E-state index is 0.799. The Morgan fingerprint density at radius 2 is 2.38 bits per heavy atom. The molecule has 0 amide bonds. The molecule has 0 saturated carbocycles. The van der Waals surface area contributed by atoms with Gasteiger partial charge in [-0.25, -0.2) is 0 Å². The first kappa shape index (κ1) is 11.9. The van der Waals surface area contributed by atoms with Crippen LogP contribution in [0.2, 0.25) is 0 Å². The summed E-state index contributed by atoms with van der Waals surface area (Å²) in [6.07, 6.45) is 2.44. The summed E-state index contributed by atoms with van der Waals surface area (Å²) >= 11 is 3.51. The van der Waals surface area contributed by atoms with E-state index in [4.69, 9.17) is 4.74 Å². The minimum Gasteiger partial charge on any atom is -0.493 e. The summed E-state index contributed by atoms with van der Waals surface area (Å²) in [5, 5.41) is 3.38. The highest BCUT2D eigenvalue weighted by molar-refractivity contribution is 9.10. The predicted molar refractivity (Wildman–Crippen MR) is 70.0 cm³/mol. The Bertz CT molecular complexity index is 348. The fraction of sp³-hybridized carbons (Fsp3) is 0.538. The van der Waals surface area contributed by atoms with Crippen LogP contribution in [0.4, 0.5) is 0 Å². The summed E-state index contributed by atoms with van der Waals surface area (Å²) < 4.78 is 6.94. The van der Waals surface area contributed by atoms with Crippen molar-refractivity contribution >= 4 is 15.9 Å². The molecule has 2 rings (SSSR count). The van der Waals surface area contributed by atoms with Crippen molar-refractivity contribution in [3.63, 3.8) is 0 Å². The zero-order valence-electron chi connectivity index (χ0n) is 9.63. The molecule has 0 unspecified atom stereocenters. The Hall–Kier alpha value is -0.540. The molecule has 2 nitrogen and oxygen atoms in total. The van der Waals surface area contributed by atoms with E-state index in [1.807, 2.05) is 18.2 Å². The number of hydrogen-bond donors (Lipinski definition) is 1. The van der Waals surface area contributed by atoms with E-state index in [0.717, 1.165) is 35.7 Å². The third-order valence-electron chi connectivity index (χ3n) is 3.16. The van der Waals surface area contributed by atoms with Gasteiger partial charge >= 0.3 is 0 Å². The maximum atomic E-state index is 5.82. The maximum absolute atomic E-state index is 5.82. The largest absolute Gasteiger partial charge is 0.493 e. The first-order valence-electron chi connectivity index (χ1n) is 5.86. The van der Waals surface area contributed by atoms with Crippen LogP contribution in [0.3, 0.4) is 0 Å². The molecule has 1 N–H and O–H groups in total. The lowest BCUT2D eigenvalue weighted by Gasteiger charge is -2.12. The van der Waals surface area contributed by atoms with E-state index in [2.05, 4.69) is 28.2 Å². The number of nitrogens with one attached hydrogen (secondary N) is 1. The summed E-state index contributed by atoms with van der Waals surface area (Å²) in [4.78, 5) is 0. The smallest absolute Gasteiger partial charge is 0.123 e. The molecule has 0 bridgehead atoms. The predicted octanol–water partition coefficient (Wildman–Crippen LogP) is 3.14. The zero-order valence-corrected chi connectivity index (χ0v) is 11.2. The molecule has 1 aliphatic rings. The van der Waals surface area contributed by atoms with Gasteiger partial charge in [0, 0.05) is 10.0 Å². The highest BCUT2D eigenvalue weighted by Crippen LogP contribution is 2.26. The molecule has 1 aliphatic heterocycles. The van der Waals surface area contributed by atoms with E-state index in [0.29, 0.717) is 0 Å². The first-order chi connectivity index (χ1) is 7.77. The quantitative estimate of drug-likeness (QED) is 0.917. The zero-order chi connectivity index (χ0) is 11.4. The molecule has 1 fully saturated rings. The van der Waals surface area contributed by atoms with Gasteiger partial charge in [0.15, 0.2) is 0 Å². The summed E-state index contributed by atoms with van der Waals surface area (Å²) in [5.74, 6) is 1.80. The van der Waals surface area contributed by atoms with Crippen molar-refractivity contribution in [2.45, 2.75) is 19.8 Å². The van der Waals surface area contributed by atoms with E-state index < -0.39 is 0 Å². The van der Waals surface area contributed by atoms with Gasteiger partial charge in [-0.1, -0.05) is 22.0 Å². The molecule has 1 atom stereocenters. The van der Waals surface area contributed by atoms with Crippen molar-refractivity contribution in [3.8, 4) is 5.75 Å². The second-order valence-corrected chi connectivity index (χ2v) is 5.21. The van der Waals surface area contributed by atoms with E-state index >= 15 is 0 Å². The Morgan fingerprint density at radius 1 is 1.50 bits per heavy atom. The Morgan fingerprint density at radius 3 is 3.12 bits per heavy atom. The fourth-order valence-electron chi connectivity index (χ4n) is 2.04. The Balaban J connectivity index is 1.82. The van der Waals surface area contributed by atoms with Gasteiger partial charge < -0.3 is 10.1 Å². The van der Waals surface area contributed by atoms with Gasteiger partial charge in [0.05, 0.1) is 6.61 Å². The van der Waals surface area contributed by atoms with Gasteiger partial charge in [-0.05, 0) is 50.9 Å². The van der Waals surface area contributed by atoms with E-state index in [1.165, 1.54) is 18.5 Å². The molecule has 1 saturated heterocycles. The average molecular weight is 284 g/mol. The fourth-order valence-corrected chi connectivity index (χ4v) is 2.39. The van der Waals surface area contributed by atoms with Gasteiger partial charge in [0.1, 0.15) is 5.75 Å². The minimum atomic E-state index is 0.799. The van der Waals surface area contributed by atoms with Crippen molar-refractivity contribution in [1.82, 2.24) is 5.32 Å². The van der Waals surface area contributed by atoms with Crippen LogP contribution in [0.1, 0.15) is 18.4 Å². The van der Waals surface area contributed by atoms with E-state index in [1.54, 1.807) is 0 Å². The van der Waals surface area contributed by atoms with Gasteiger partial charge in [0.2, 0.25) is 0 Å². The van der Waals surface area contributed by atoms with Gasteiger partial charge in [-0.15, -0.1) is 0 Å². The molecule has 3 heteroatoms. The van der Waals surface area contributed by atoms with Crippen LogP contribution in [0.15, 0.2) is 22.7 Å². The standard InChI is InChI=1S/C13H18BrNO/c1-10-12(14)3-2-4-13(10)16-8-6-11-5-7-15-9-11/h2-4,11,15H,5-9H2,1H3/t11-/m1/s1. The van der Waals surface area contributed by atoms with Crippen LogP contribution >= 0.6 is 15.9 Å². The SMILES string of the molecule is Cc1c(Br)cccc1OCC[C@H]1CCNC1. The molecule has 16 heavy (non-hydrogen) atoms. The molecule has 1 aromatic rings. The lowest BCUT2D eigenvalue weighted by atomic mass is 10.1. The third kappa shape index (κ3) is 2.98. The first-order valence-corrected chi connectivity index (χ1v) is 6.65. The lowest BCUT2D eigenvalue weighted by molar-refractivity contribution is 0.282. The second kappa shape index (κ2) is 5.69. The topological polar surface area (TPSA) is 21.3 Å². The monoisotopic (exact) mass is 283 g/mol. The highest BCUT2D eigenvalue weighted by Gasteiger charge is 2.14. The van der Waals surface area contributed by atoms with Crippen LogP contribution in [0.25, 0.3) is 0 Å². The van der Waals surface area contributed by atoms with E-state index in [9.17, 15) is 0 Å². The van der Waals surface area contributed by atoms with Gasteiger partial charge in [-0.3, -0.25) is 0 Å². The van der Waals surface area contributed by atoms with Gasteiger partial charge in [-0.2, -0.15) is 0 Å². The maximum Gasteiger partial charge on any atom is 0.123 e. The lowest BCUT2D eigenvalue weighted by Crippen LogP contribution is -2.11. The van der Waals surface area contributed by atoms with Crippen molar-refractivity contribution < 1.29 is 4.74 Å². The third-order valence-corrected chi connectivity index (χ3v) is 4.02. The van der Waals surface area contributed by atoms with Crippen LogP contribution in [0, 0.1) is 12.8 Å². The van der Waals surface area contributed by atoms with Crippen LogP contribution in [-0.2, 0) is 0 Å². The molecular formula is C13H18BrNO. The molecule has 0 spiro atoms. The number of benzene rings is 1. The highest BCUT2D eigenvalue weighted by atomic mass is 79.9. The summed E-state index contributed by atoms with van der Waals surface area (Å²) in [5.41, 5.74) is 1.19. The molecule has 1 heterocycles.